The van der Waals surface area contributed by atoms with Gasteiger partial charge in [-0.15, -0.1) is 0 Å². The molecule has 1 aromatic rings. The van der Waals surface area contributed by atoms with E-state index < -0.39 is 53.9 Å². The summed E-state index contributed by atoms with van der Waals surface area (Å²) in [6.45, 7) is 41.6. The molecule has 0 aliphatic rings. The zero-order valence-corrected chi connectivity index (χ0v) is 59.2. The van der Waals surface area contributed by atoms with Crippen molar-refractivity contribution < 1.29 is 61.6 Å². The third kappa shape index (κ3) is 36.8. The Bertz CT molecular complexity index is 2280. The van der Waals surface area contributed by atoms with E-state index in [0.29, 0.717) is 58.1 Å². The Morgan fingerprint density at radius 1 is 0.402 bits per heavy atom. The maximum Gasteiger partial charge on any atom is 0.410 e. The van der Waals surface area contributed by atoms with Crippen LogP contribution in [0.4, 0.5) is 14.4 Å². The Hall–Kier alpha value is -5.16. The third-order valence-corrected chi connectivity index (χ3v) is 19.8. The van der Waals surface area contributed by atoms with Crippen molar-refractivity contribution in [1.82, 2.24) is 14.7 Å². The zero-order chi connectivity index (χ0) is 66.2. The van der Waals surface area contributed by atoms with Gasteiger partial charge in [0.15, 0.2) is 8.32 Å². The highest BCUT2D eigenvalue weighted by Gasteiger charge is 2.40. The topological polar surface area (TPSA) is 177 Å². The average molecular weight is 1240 g/mol. The van der Waals surface area contributed by atoms with Gasteiger partial charge in [0.25, 0.3) is 0 Å². The minimum atomic E-state index is -1.98. The molecule has 0 fully saturated rings. The van der Waals surface area contributed by atoms with Crippen molar-refractivity contribution >= 4 is 44.5 Å². The molecule has 498 valence electrons. The first-order chi connectivity index (χ1) is 40.2. The number of nitrogens with zero attached hydrogens (tertiary/aromatic N) is 3. The number of unbranched alkanes of at least 4 members (excludes halogenated alkanes) is 6. The van der Waals surface area contributed by atoms with Gasteiger partial charge in [-0.3, -0.25) is 24.2 Å². The molecule has 0 N–H and O–H groups in total. The SMILES string of the molecule is CC(C)(C)OC(=O)N(CCOC(=O)CCC/C=C\CCCC(C)(C)N(CCO[Si](C)(C)C(C)(C)C)C(=O)OC(C)(C)C)C(C)(C)CCC/C=C\CCCC(=O)OCCN(C(=O)OC(C)(C)C)C(C)(C)CCC/C=C\CCCC(=O)OCc1ccccc1. The minimum absolute atomic E-state index is 0.0532. The second-order valence-corrected chi connectivity index (χ2v) is 34.1. The number of carbonyl (C=O) groups excluding carboxylic acids is 6. The van der Waals surface area contributed by atoms with Gasteiger partial charge in [0.1, 0.15) is 36.6 Å². The fourth-order valence-electron chi connectivity index (χ4n) is 9.10. The Labute approximate surface area is 528 Å². The van der Waals surface area contributed by atoms with Crippen molar-refractivity contribution in [2.75, 3.05) is 39.5 Å². The van der Waals surface area contributed by atoms with E-state index in [1.54, 1.807) is 9.80 Å². The zero-order valence-electron chi connectivity index (χ0n) is 58.2. The monoisotopic (exact) mass is 1240 g/mol. The molecule has 0 radical (unpaired) electrons. The van der Waals surface area contributed by atoms with Gasteiger partial charge in [-0.05, 0) is 224 Å². The van der Waals surface area contributed by atoms with Gasteiger partial charge in [-0.25, -0.2) is 14.4 Å². The van der Waals surface area contributed by atoms with Crippen molar-refractivity contribution in [1.29, 1.82) is 0 Å². The molecular weight excluding hydrogens is 1120 g/mol. The van der Waals surface area contributed by atoms with Crippen LogP contribution in [0.25, 0.3) is 0 Å². The van der Waals surface area contributed by atoms with Crippen LogP contribution in [0.15, 0.2) is 66.8 Å². The molecule has 0 atom stereocenters. The van der Waals surface area contributed by atoms with Crippen LogP contribution in [0.3, 0.4) is 0 Å². The van der Waals surface area contributed by atoms with Crippen LogP contribution in [0, 0.1) is 0 Å². The summed E-state index contributed by atoms with van der Waals surface area (Å²) < 4.78 is 40.5. The lowest BCUT2D eigenvalue weighted by Crippen LogP contribution is -2.52. The molecule has 0 bridgehead atoms. The van der Waals surface area contributed by atoms with Crippen molar-refractivity contribution in [3.63, 3.8) is 0 Å². The van der Waals surface area contributed by atoms with Crippen LogP contribution < -0.4 is 0 Å². The van der Waals surface area contributed by atoms with Gasteiger partial charge in [-0.2, -0.15) is 0 Å². The lowest BCUT2D eigenvalue weighted by atomic mass is 9.95. The first-order valence-corrected chi connectivity index (χ1v) is 35.2. The van der Waals surface area contributed by atoms with E-state index in [4.69, 9.17) is 32.8 Å². The smallest absolute Gasteiger partial charge is 0.410 e. The highest BCUT2D eigenvalue weighted by Crippen LogP contribution is 2.37. The molecular formula is C70H121N3O13Si. The number of hydrogen-bond donors (Lipinski definition) is 0. The van der Waals surface area contributed by atoms with Crippen LogP contribution in [0.5, 0.6) is 0 Å². The molecule has 87 heavy (non-hydrogen) atoms. The highest BCUT2D eigenvalue weighted by atomic mass is 28.4. The molecule has 0 aliphatic heterocycles. The predicted molar refractivity (Wildman–Crippen MR) is 353 cm³/mol. The van der Waals surface area contributed by atoms with E-state index in [1.165, 1.54) is 0 Å². The largest absolute Gasteiger partial charge is 0.464 e. The fraction of sp³-hybridized carbons (Fsp3) is 0.743. The summed E-state index contributed by atoms with van der Waals surface area (Å²) in [4.78, 5) is 83.3. The molecule has 0 heterocycles. The molecule has 16 nitrogen and oxygen atoms in total. The number of rotatable bonds is 39. The number of carbonyl (C=O) groups is 6. The summed E-state index contributed by atoms with van der Waals surface area (Å²) in [5, 5.41) is 0.0701. The van der Waals surface area contributed by atoms with Crippen molar-refractivity contribution in [3.05, 3.63) is 72.4 Å². The Kier molecular flexibility index (Phi) is 35.2. The predicted octanol–water partition coefficient (Wildman–Crippen LogP) is 17.6. The molecule has 0 unspecified atom stereocenters. The van der Waals surface area contributed by atoms with Crippen molar-refractivity contribution in [2.24, 2.45) is 0 Å². The van der Waals surface area contributed by atoms with E-state index in [9.17, 15) is 28.8 Å². The summed E-state index contributed by atoms with van der Waals surface area (Å²) in [5.74, 6) is -0.839. The Balaban J connectivity index is 2.58. The Morgan fingerprint density at radius 2 is 0.690 bits per heavy atom. The molecule has 0 spiro atoms. The Morgan fingerprint density at radius 3 is 0.989 bits per heavy atom. The third-order valence-electron chi connectivity index (χ3n) is 15.2. The molecule has 0 aliphatic carbocycles. The number of ether oxygens (including phenoxy) is 6. The molecule has 0 saturated heterocycles. The molecule has 0 aromatic heterocycles. The molecule has 1 aromatic carbocycles. The van der Waals surface area contributed by atoms with Crippen LogP contribution in [-0.4, -0.2) is 132 Å². The van der Waals surface area contributed by atoms with Crippen LogP contribution in [-0.2, 0) is 53.8 Å². The van der Waals surface area contributed by atoms with Crippen molar-refractivity contribution in [3.8, 4) is 0 Å². The van der Waals surface area contributed by atoms with E-state index in [2.05, 4.69) is 84.2 Å². The molecule has 0 saturated carbocycles. The van der Waals surface area contributed by atoms with Crippen LogP contribution >= 0.6 is 0 Å². The van der Waals surface area contributed by atoms with Crippen LogP contribution in [0.1, 0.15) is 246 Å². The summed E-state index contributed by atoms with van der Waals surface area (Å²) in [6.07, 6.45) is 23.5. The molecule has 17 heteroatoms. The summed E-state index contributed by atoms with van der Waals surface area (Å²) in [7, 11) is -1.98. The summed E-state index contributed by atoms with van der Waals surface area (Å²) in [6, 6.07) is 9.63. The first kappa shape index (κ1) is 79.8. The van der Waals surface area contributed by atoms with Gasteiger partial charge >= 0.3 is 36.2 Å². The maximum absolute atomic E-state index is 13.5. The van der Waals surface area contributed by atoms with Gasteiger partial charge in [-0.1, -0.05) is 87.6 Å². The van der Waals surface area contributed by atoms with E-state index in [0.717, 1.165) is 63.4 Å². The van der Waals surface area contributed by atoms with E-state index in [1.807, 2.05) is 125 Å². The van der Waals surface area contributed by atoms with Gasteiger partial charge in [0, 0.05) is 42.4 Å². The van der Waals surface area contributed by atoms with Gasteiger partial charge in [0.05, 0.1) is 19.7 Å². The standard InChI is InChI=1S/C70H121N3O13Si/c1-64(2,3)84-61(77)71(50-53-81-59(75)45-37-28-22-25-32-41-49-70(17,18)73(63(79)86-66(7,8)9)52-55-83-87(19,20)67(10,11)12)68(13,14)47-39-30-24-21-27-36-44-58(74)80-54-51-72(62(78)85-65(4,5)6)69(15,16)48-40-31-26-23-29-38-46-60(76)82-56-57-42-34-33-35-43-57/h21-26,33-35,42-43H,27-32,36-41,44-56H2,1-20H3/b24-21-,25-22-,26-23-. The van der Waals surface area contributed by atoms with Crippen molar-refractivity contribution in [2.45, 2.75) is 298 Å². The van der Waals surface area contributed by atoms with Crippen LogP contribution in [0.2, 0.25) is 18.1 Å². The van der Waals surface area contributed by atoms with Gasteiger partial charge in [0.2, 0.25) is 0 Å². The second kappa shape index (κ2) is 38.4. The van der Waals surface area contributed by atoms with E-state index >= 15 is 0 Å². The number of allylic oxidation sites excluding steroid dienone is 6. The average Bonchev–Trinajstić information content (AvgIpc) is 2.07. The lowest BCUT2D eigenvalue weighted by molar-refractivity contribution is -0.145. The first-order valence-electron chi connectivity index (χ1n) is 32.3. The summed E-state index contributed by atoms with van der Waals surface area (Å²) in [5.41, 5.74) is -2.63. The van der Waals surface area contributed by atoms with E-state index in [-0.39, 0.29) is 74.8 Å². The molecule has 3 amide bonds. The quantitative estimate of drug-likeness (QED) is 0.0200. The highest BCUT2D eigenvalue weighted by molar-refractivity contribution is 6.74. The number of benzene rings is 1. The fourth-order valence-corrected chi connectivity index (χ4v) is 10.1. The summed E-state index contributed by atoms with van der Waals surface area (Å²) >= 11 is 0. The lowest BCUT2D eigenvalue weighted by Gasteiger charge is -2.41. The second-order valence-electron chi connectivity index (χ2n) is 29.3. The number of hydrogen-bond acceptors (Lipinski definition) is 13. The van der Waals surface area contributed by atoms with Gasteiger partial charge < -0.3 is 37.7 Å². The maximum atomic E-state index is 13.5. The number of esters is 3. The normalized spacial score (nSPS) is 13.0. The minimum Gasteiger partial charge on any atom is -0.464 e. The number of amides is 3. The molecule has 1 rings (SSSR count).